The first-order valence-corrected chi connectivity index (χ1v) is 10.3. The van der Waals surface area contributed by atoms with Crippen molar-refractivity contribution in [1.29, 1.82) is 5.26 Å². The average Bonchev–Trinajstić information content (AvgIpc) is 2.77. The molecule has 2 aromatic rings. The molecule has 1 heterocycles. The lowest BCUT2D eigenvalue weighted by molar-refractivity contribution is -0.117. The van der Waals surface area contributed by atoms with Crippen molar-refractivity contribution in [1.82, 2.24) is 10.6 Å². The molecule has 0 aromatic heterocycles. The van der Waals surface area contributed by atoms with E-state index < -0.39 is 5.91 Å². The number of rotatable bonds is 8. The smallest absolute Gasteiger partial charge is 0.263 e. The van der Waals surface area contributed by atoms with E-state index in [0.29, 0.717) is 31.3 Å². The third-order valence-corrected chi connectivity index (χ3v) is 4.80. The van der Waals surface area contributed by atoms with Crippen molar-refractivity contribution in [2.75, 3.05) is 19.8 Å². The van der Waals surface area contributed by atoms with Crippen molar-refractivity contribution in [3.05, 3.63) is 65.4 Å². The molecule has 1 aliphatic rings. The van der Waals surface area contributed by atoms with Crippen molar-refractivity contribution >= 4 is 5.91 Å². The van der Waals surface area contributed by atoms with Gasteiger partial charge in [-0.1, -0.05) is 29.8 Å². The zero-order chi connectivity index (χ0) is 22.2. The number of nitrogens with one attached hydrogen (secondary N) is 2. The summed E-state index contributed by atoms with van der Waals surface area (Å²) >= 11 is 0. The number of benzene rings is 2. The first-order chi connectivity index (χ1) is 15.0. The molecular formula is C24H27N3O4. The molecule has 3 rings (SSSR count). The van der Waals surface area contributed by atoms with Crippen LogP contribution in [0.2, 0.25) is 0 Å². The van der Waals surface area contributed by atoms with Crippen LogP contribution in [-0.4, -0.2) is 31.8 Å². The topological polar surface area (TPSA) is 92.6 Å². The number of para-hydroxylation sites is 2. The van der Waals surface area contributed by atoms with E-state index in [1.807, 2.05) is 69.3 Å². The van der Waals surface area contributed by atoms with Gasteiger partial charge >= 0.3 is 0 Å². The van der Waals surface area contributed by atoms with E-state index in [4.69, 9.17) is 14.2 Å². The zero-order valence-corrected chi connectivity index (χ0v) is 18.0. The molecule has 7 nitrogen and oxygen atoms in total. The number of nitrogens with zero attached hydrogens (tertiary/aromatic N) is 1. The van der Waals surface area contributed by atoms with Gasteiger partial charge in [0.25, 0.3) is 5.91 Å². The van der Waals surface area contributed by atoms with E-state index in [0.717, 1.165) is 16.9 Å². The molecule has 0 fully saturated rings. The number of carbonyl (C=O) groups excluding carboxylic acids is 1. The molecule has 0 spiro atoms. The van der Waals surface area contributed by atoms with Crippen LogP contribution in [0.4, 0.5) is 0 Å². The van der Waals surface area contributed by atoms with Crippen LogP contribution in [0.25, 0.3) is 0 Å². The monoisotopic (exact) mass is 421 g/mol. The number of hydrogen-bond donors (Lipinski definition) is 2. The van der Waals surface area contributed by atoms with Crippen molar-refractivity contribution in [3.63, 3.8) is 0 Å². The molecule has 0 bridgehead atoms. The van der Waals surface area contributed by atoms with Crippen LogP contribution < -0.4 is 24.8 Å². The summed E-state index contributed by atoms with van der Waals surface area (Å²) in [4.78, 5) is 12.6. The molecule has 1 amide bonds. The quantitative estimate of drug-likeness (QED) is 0.501. The summed E-state index contributed by atoms with van der Waals surface area (Å²) in [6.07, 6.45) is 1.18. The molecule has 0 radical (unpaired) electrons. The van der Waals surface area contributed by atoms with E-state index >= 15 is 0 Å². The molecule has 2 aromatic carbocycles. The highest BCUT2D eigenvalue weighted by Gasteiger charge is 2.21. The molecule has 31 heavy (non-hydrogen) atoms. The van der Waals surface area contributed by atoms with Gasteiger partial charge in [-0.3, -0.25) is 4.79 Å². The van der Waals surface area contributed by atoms with Crippen LogP contribution >= 0.6 is 0 Å². The van der Waals surface area contributed by atoms with Crippen molar-refractivity contribution < 1.29 is 19.0 Å². The van der Waals surface area contributed by atoms with E-state index in [9.17, 15) is 10.1 Å². The van der Waals surface area contributed by atoms with Crippen molar-refractivity contribution in [3.8, 4) is 23.3 Å². The molecule has 162 valence electrons. The van der Waals surface area contributed by atoms with Gasteiger partial charge < -0.3 is 24.8 Å². The molecule has 1 aliphatic heterocycles. The zero-order valence-electron chi connectivity index (χ0n) is 18.0. The van der Waals surface area contributed by atoms with Crippen LogP contribution in [-0.2, 0) is 4.79 Å². The van der Waals surface area contributed by atoms with Gasteiger partial charge in [0.2, 0.25) is 0 Å². The first-order valence-electron chi connectivity index (χ1n) is 10.3. The summed E-state index contributed by atoms with van der Waals surface area (Å²) in [5.41, 5.74) is 1.91. The third kappa shape index (κ3) is 5.70. The fourth-order valence-corrected chi connectivity index (χ4v) is 3.25. The number of aryl methyl sites for hydroxylation is 1. The van der Waals surface area contributed by atoms with E-state index in [-0.39, 0.29) is 17.7 Å². The lowest BCUT2D eigenvalue weighted by Crippen LogP contribution is -2.37. The van der Waals surface area contributed by atoms with Crippen LogP contribution in [0.15, 0.2) is 54.2 Å². The average molecular weight is 421 g/mol. The lowest BCUT2D eigenvalue weighted by Gasteiger charge is -2.26. The van der Waals surface area contributed by atoms with Crippen LogP contribution in [0.5, 0.6) is 17.2 Å². The van der Waals surface area contributed by atoms with Gasteiger partial charge in [-0.05, 0) is 39.0 Å². The van der Waals surface area contributed by atoms with E-state index in [1.54, 1.807) is 0 Å². The Morgan fingerprint density at radius 2 is 2.10 bits per heavy atom. The van der Waals surface area contributed by atoms with Crippen LogP contribution in [0.3, 0.4) is 0 Å². The fraction of sp³-hybridized carbons (Fsp3) is 0.333. The highest BCUT2D eigenvalue weighted by atomic mass is 16.6. The normalized spacial score (nSPS) is 16.1. The van der Waals surface area contributed by atoms with E-state index in [1.165, 1.54) is 6.20 Å². The van der Waals surface area contributed by atoms with E-state index in [2.05, 4.69) is 10.6 Å². The van der Waals surface area contributed by atoms with Gasteiger partial charge in [-0.2, -0.15) is 5.26 Å². The maximum atomic E-state index is 12.6. The number of amides is 1. The molecule has 2 unspecified atom stereocenters. The molecule has 0 aliphatic carbocycles. The predicted octanol–water partition coefficient (Wildman–Crippen LogP) is 3.41. The molecule has 2 atom stereocenters. The molecule has 7 heteroatoms. The summed E-state index contributed by atoms with van der Waals surface area (Å²) in [6.45, 7) is 7.07. The lowest BCUT2D eigenvalue weighted by atomic mass is 10.0. The third-order valence-electron chi connectivity index (χ3n) is 4.80. The maximum Gasteiger partial charge on any atom is 0.263 e. The Kier molecular flexibility index (Phi) is 7.39. The van der Waals surface area contributed by atoms with Crippen molar-refractivity contribution in [2.45, 2.75) is 32.9 Å². The predicted molar refractivity (Wildman–Crippen MR) is 117 cm³/mol. The SMILES string of the molecule is CCOc1ccc(C)cc1C(C)NC(=O)/C(C#N)=C\NCC1COc2ccccc2O1. The Morgan fingerprint density at radius 1 is 1.32 bits per heavy atom. The molecular weight excluding hydrogens is 394 g/mol. The summed E-state index contributed by atoms with van der Waals surface area (Å²) in [7, 11) is 0. The second-order valence-corrected chi connectivity index (χ2v) is 7.25. The first kappa shape index (κ1) is 22.0. The van der Waals surface area contributed by atoms with Gasteiger partial charge in [0.05, 0.1) is 19.2 Å². The highest BCUT2D eigenvalue weighted by Crippen LogP contribution is 2.30. The van der Waals surface area contributed by atoms with Crippen LogP contribution in [0.1, 0.15) is 31.0 Å². The Labute approximate surface area is 182 Å². The largest absolute Gasteiger partial charge is 0.494 e. The second-order valence-electron chi connectivity index (χ2n) is 7.25. The second kappa shape index (κ2) is 10.4. The fourth-order valence-electron chi connectivity index (χ4n) is 3.25. The summed E-state index contributed by atoms with van der Waals surface area (Å²) < 4.78 is 17.2. The van der Waals surface area contributed by atoms with Crippen molar-refractivity contribution in [2.24, 2.45) is 0 Å². The summed E-state index contributed by atoms with van der Waals surface area (Å²) in [5.74, 6) is 1.65. The highest BCUT2D eigenvalue weighted by molar-refractivity contribution is 5.97. The Balaban J connectivity index is 1.58. The number of carbonyl (C=O) groups is 1. The minimum Gasteiger partial charge on any atom is -0.494 e. The van der Waals surface area contributed by atoms with Gasteiger partial charge in [0.15, 0.2) is 11.5 Å². The number of nitriles is 1. The Bertz CT molecular complexity index is 997. The minimum atomic E-state index is -0.461. The van der Waals surface area contributed by atoms with Gasteiger partial charge in [0.1, 0.15) is 30.1 Å². The van der Waals surface area contributed by atoms with Crippen LogP contribution in [0, 0.1) is 18.3 Å². The Hall–Kier alpha value is -3.66. The standard InChI is InChI=1S/C24H27N3O4/c1-4-29-21-10-9-16(2)11-20(21)17(3)27-24(28)18(12-25)13-26-14-19-15-30-22-7-5-6-8-23(22)31-19/h5-11,13,17,19,26H,4,14-15H2,1-3H3,(H,27,28)/b18-13-. The summed E-state index contributed by atoms with van der Waals surface area (Å²) in [6, 6.07) is 14.9. The number of ether oxygens (including phenoxy) is 3. The van der Waals surface area contributed by atoms with Gasteiger partial charge in [-0.25, -0.2) is 0 Å². The Morgan fingerprint density at radius 3 is 2.84 bits per heavy atom. The maximum absolute atomic E-state index is 12.6. The van der Waals surface area contributed by atoms with Gasteiger partial charge in [0, 0.05) is 11.8 Å². The molecule has 0 saturated carbocycles. The molecule has 0 saturated heterocycles. The molecule has 2 N–H and O–H groups in total. The summed E-state index contributed by atoms with van der Waals surface area (Å²) in [5, 5.41) is 15.3. The number of fused-ring (bicyclic) bond motifs is 1. The minimum absolute atomic E-state index is 0.0189. The number of hydrogen-bond acceptors (Lipinski definition) is 6. The van der Waals surface area contributed by atoms with Gasteiger partial charge in [-0.15, -0.1) is 0 Å².